The van der Waals surface area contributed by atoms with Gasteiger partial charge >= 0.3 is 0 Å². The zero-order valence-electron chi connectivity index (χ0n) is 13.3. The number of primary sulfonamides is 1. The minimum Gasteiger partial charge on any atom is -0.328 e. The van der Waals surface area contributed by atoms with Crippen LogP contribution >= 0.6 is 11.6 Å². The molecule has 0 fully saturated rings. The second-order valence-electron chi connectivity index (χ2n) is 5.82. The van der Waals surface area contributed by atoms with Gasteiger partial charge in [0, 0.05) is 30.4 Å². The van der Waals surface area contributed by atoms with Gasteiger partial charge in [-0.15, -0.1) is 0 Å². The van der Waals surface area contributed by atoms with Gasteiger partial charge < -0.3 is 4.57 Å². The smallest absolute Gasteiger partial charge is 0.212 e. The van der Waals surface area contributed by atoms with E-state index >= 15 is 0 Å². The molecule has 0 aromatic carbocycles. The summed E-state index contributed by atoms with van der Waals surface area (Å²) in [6, 6.07) is 7.58. The van der Waals surface area contributed by atoms with Crippen LogP contribution < -0.4 is 5.14 Å². The van der Waals surface area contributed by atoms with Gasteiger partial charge in [0.25, 0.3) is 0 Å². The zero-order chi connectivity index (χ0) is 17.5. The molecule has 0 amide bonds. The average Bonchev–Trinajstić information content (AvgIpc) is 2.83. The van der Waals surface area contributed by atoms with Gasteiger partial charge in [-0.1, -0.05) is 11.6 Å². The van der Waals surface area contributed by atoms with Crippen LogP contribution in [0.25, 0.3) is 22.3 Å². The lowest BCUT2D eigenvalue weighted by molar-refractivity contribution is 0.584. The molecule has 3 heterocycles. The van der Waals surface area contributed by atoms with Gasteiger partial charge in [-0.05, 0) is 43.2 Å². The standard InChI is InChI=1S/C16H17ClN4O2S/c1-10(24(18,22)23)5-11-6-13(9-19-8-11)14-7-12-3-4-15(17)20-16(12)21(14)2/h3-4,6-10H,5H2,1-2H3,(H2,18,22,23). The Morgan fingerprint density at radius 3 is 2.75 bits per heavy atom. The summed E-state index contributed by atoms with van der Waals surface area (Å²) in [7, 11) is -1.67. The van der Waals surface area contributed by atoms with Crippen LogP contribution in [0.4, 0.5) is 0 Å². The lowest BCUT2D eigenvalue weighted by Gasteiger charge is -2.10. The molecule has 0 aliphatic rings. The highest BCUT2D eigenvalue weighted by atomic mass is 35.5. The molecule has 1 atom stereocenters. The molecule has 24 heavy (non-hydrogen) atoms. The normalized spacial score (nSPS) is 13.3. The van der Waals surface area contributed by atoms with Crippen LogP contribution in [0.1, 0.15) is 12.5 Å². The maximum absolute atomic E-state index is 11.4. The third-order valence-electron chi connectivity index (χ3n) is 4.02. The number of pyridine rings is 2. The van der Waals surface area contributed by atoms with Crippen molar-refractivity contribution in [3.05, 3.63) is 47.4 Å². The molecule has 0 saturated heterocycles. The van der Waals surface area contributed by atoms with E-state index < -0.39 is 15.3 Å². The third kappa shape index (κ3) is 3.28. The molecule has 0 aliphatic carbocycles. The van der Waals surface area contributed by atoms with Crippen molar-refractivity contribution in [1.29, 1.82) is 0 Å². The molecule has 0 bridgehead atoms. The first kappa shape index (κ1) is 16.9. The fraction of sp³-hybridized carbons (Fsp3) is 0.250. The average molecular weight is 365 g/mol. The summed E-state index contributed by atoms with van der Waals surface area (Å²) < 4.78 is 24.8. The number of nitrogens with two attached hydrogens (primary N) is 1. The topological polar surface area (TPSA) is 90.9 Å². The van der Waals surface area contributed by atoms with E-state index in [1.807, 2.05) is 29.8 Å². The Labute approximate surface area is 145 Å². The van der Waals surface area contributed by atoms with Crippen LogP contribution in [-0.2, 0) is 23.5 Å². The maximum atomic E-state index is 11.4. The van der Waals surface area contributed by atoms with Crippen molar-refractivity contribution in [3.8, 4) is 11.3 Å². The van der Waals surface area contributed by atoms with E-state index in [-0.39, 0.29) is 0 Å². The number of fused-ring (bicyclic) bond motifs is 1. The summed E-state index contributed by atoms with van der Waals surface area (Å²) in [4.78, 5) is 8.57. The van der Waals surface area contributed by atoms with E-state index in [2.05, 4.69) is 9.97 Å². The van der Waals surface area contributed by atoms with Gasteiger partial charge in [0.1, 0.15) is 10.8 Å². The van der Waals surface area contributed by atoms with Crippen LogP contribution in [0.15, 0.2) is 36.7 Å². The molecular formula is C16H17ClN4O2S. The number of aromatic nitrogens is 3. The van der Waals surface area contributed by atoms with Crippen molar-refractivity contribution in [2.75, 3.05) is 0 Å². The monoisotopic (exact) mass is 364 g/mol. The molecule has 3 rings (SSSR count). The van der Waals surface area contributed by atoms with E-state index in [1.165, 1.54) is 0 Å². The predicted molar refractivity (Wildman–Crippen MR) is 95.2 cm³/mol. The van der Waals surface area contributed by atoms with Crippen LogP contribution in [0.3, 0.4) is 0 Å². The second-order valence-corrected chi connectivity index (χ2v) is 8.19. The Morgan fingerprint density at radius 1 is 1.29 bits per heavy atom. The Bertz CT molecular complexity index is 1010. The number of hydrogen-bond acceptors (Lipinski definition) is 4. The highest BCUT2D eigenvalue weighted by molar-refractivity contribution is 7.89. The molecule has 0 radical (unpaired) electrons. The molecule has 0 aliphatic heterocycles. The summed E-state index contributed by atoms with van der Waals surface area (Å²) in [6.07, 6.45) is 3.71. The number of sulfonamides is 1. The van der Waals surface area contributed by atoms with E-state index in [4.69, 9.17) is 16.7 Å². The first-order valence-electron chi connectivity index (χ1n) is 7.33. The summed E-state index contributed by atoms with van der Waals surface area (Å²) in [6.45, 7) is 1.59. The zero-order valence-corrected chi connectivity index (χ0v) is 14.8. The minimum absolute atomic E-state index is 0.313. The number of nitrogens with zero attached hydrogens (tertiary/aromatic N) is 3. The Morgan fingerprint density at radius 2 is 2.04 bits per heavy atom. The molecule has 0 saturated carbocycles. The van der Waals surface area contributed by atoms with E-state index in [9.17, 15) is 8.42 Å². The van der Waals surface area contributed by atoms with Crippen LogP contribution in [0.5, 0.6) is 0 Å². The molecule has 2 N–H and O–H groups in total. The number of hydrogen-bond donors (Lipinski definition) is 1. The SMILES string of the molecule is CC(Cc1cncc(-c2cc3ccc(Cl)nc3n2C)c1)S(N)(=O)=O. The van der Waals surface area contributed by atoms with Gasteiger partial charge in [-0.3, -0.25) is 4.98 Å². The Hall–Kier alpha value is -1.96. The van der Waals surface area contributed by atoms with Crippen molar-refractivity contribution in [3.63, 3.8) is 0 Å². The van der Waals surface area contributed by atoms with Crippen molar-refractivity contribution in [2.24, 2.45) is 12.2 Å². The molecule has 1 unspecified atom stereocenters. The molecule has 6 nitrogen and oxygen atoms in total. The van der Waals surface area contributed by atoms with E-state index in [0.29, 0.717) is 11.6 Å². The van der Waals surface area contributed by atoms with Crippen LogP contribution in [-0.4, -0.2) is 28.2 Å². The summed E-state index contributed by atoms with van der Waals surface area (Å²) in [5, 5.41) is 5.93. The Kier molecular flexibility index (Phi) is 4.33. The van der Waals surface area contributed by atoms with Crippen LogP contribution in [0, 0.1) is 0 Å². The van der Waals surface area contributed by atoms with Gasteiger partial charge in [0.2, 0.25) is 10.0 Å². The fourth-order valence-electron chi connectivity index (χ4n) is 2.64. The predicted octanol–water partition coefficient (Wildman–Crippen LogP) is 2.51. The minimum atomic E-state index is -3.57. The van der Waals surface area contributed by atoms with Gasteiger partial charge in [-0.25, -0.2) is 18.5 Å². The quantitative estimate of drug-likeness (QED) is 0.720. The van der Waals surface area contributed by atoms with Gasteiger partial charge in [-0.2, -0.15) is 0 Å². The molecule has 126 valence electrons. The second kappa shape index (κ2) is 6.16. The number of aryl methyl sites for hydroxylation is 1. The number of rotatable bonds is 4. The van der Waals surface area contributed by atoms with Crippen molar-refractivity contribution in [2.45, 2.75) is 18.6 Å². The number of halogens is 1. The highest BCUT2D eigenvalue weighted by Crippen LogP contribution is 2.27. The maximum Gasteiger partial charge on any atom is 0.212 e. The fourth-order valence-corrected chi connectivity index (χ4v) is 3.21. The first-order chi connectivity index (χ1) is 11.3. The first-order valence-corrected chi connectivity index (χ1v) is 9.32. The lowest BCUT2D eigenvalue weighted by Crippen LogP contribution is -2.27. The molecular weight excluding hydrogens is 348 g/mol. The molecule has 3 aromatic rings. The van der Waals surface area contributed by atoms with Gasteiger partial charge in [0.05, 0.1) is 10.9 Å². The van der Waals surface area contributed by atoms with E-state index in [1.54, 1.807) is 25.4 Å². The molecule has 0 spiro atoms. The van der Waals surface area contributed by atoms with E-state index in [0.717, 1.165) is 27.9 Å². The largest absolute Gasteiger partial charge is 0.328 e. The summed E-state index contributed by atoms with van der Waals surface area (Å²) >= 11 is 5.97. The van der Waals surface area contributed by atoms with Crippen molar-refractivity contribution < 1.29 is 8.42 Å². The van der Waals surface area contributed by atoms with Crippen molar-refractivity contribution in [1.82, 2.24) is 14.5 Å². The van der Waals surface area contributed by atoms with Gasteiger partial charge in [0.15, 0.2) is 0 Å². The lowest BCUT2D eigenvalue weighted by atomic mass is 10.1. The molecule has 3 aromatic heterocycles. The molecule has 8 heteroatoms. The van der Waals surface area contributed by atoms with Crippen LogP contribution in [0.2, 0.25) is 5.15 Å². The summed E-state index contributed by atoms with van der Waals surface area (Å²) in [5.41, 5.74) is 3.40. The highest BCUT2D eigenvalue weighted by Gasteiger charge is 2.17. The summed E-state index contributed by atoms with van der Waals surface area (Å²) in [5.74, 6) is 0. The Balaban J connectivity index is 2.02. The third-order valence-corrected chi connectivity index (χ3v) is 5.52. The van der Waals surface area contributed by atoms with Crippen molar-refractivity contribution >= 4 is 32.7 Å².